The van der Waals surface area contributed by atoms with Crippen molar-refractivity contribution in [3.8, 4) is 17.2 Å². The summed E-state index contributed by atoms with van der Waals surface area (Å²) < 4.78 is 16.1. The highest BCUT2D eigenvalue weighted by atomic mass is 16.5. The SMILES string of the molecule is COc1cc(Nc2ccc(NC(=O)C3CCC3)cc2)cc(OC)c1OC. The van der Waals surface area contributed by atoms with Crippen molar-refractivity contribution in [2.24, 2.45) is 5.92 Å². The smallest absolute Gasteiger partial charge is 0.227 e. The van der Waals surface area contributed by atoms with E-state index in [0.29, 0.717) is 17.2 Å². The van der Waals surface area contributed by atoms with Gasteiger partial charge in [-0.1, -0.05) is 6.42 Å². The summed E-state index contributed by atoms with van der Waals surface area (Å²) in [6, 6.07) is 11.3. The molecule has 0 unspecified atom stereocenters. The second-order valence-electron chi connectivity index (χ2n) is 6.23. The van der Waals surface area contributed by atoms with Crippen LogP contribution in [0.5, 0.6) is 17.2 Å². The van der Waals surface area contributed by atoms with Crippen molar-refractivity contribution < 1.29 is 19.0 Å². The maximum Gasteiger partial charge on any atom is 0.227 e. The first-order valence-electron chi connectivity index (χ1n) is 8.62. The lowest BCUT2D eigenvalue weighted by molar-refractivity contribution is -0.122. The average Bonchev–Trinajstić information content (AvgIpc) is 2.61. The quantitative estimate of drug-likeness (QED) is 0.778. The second kappa shape index (κ2) is 7.99. The van der Waals surface area contributed by atoms with E-state index in [-0.39, 0.29) is 11.8 Å². The fourth-order valence-electron chi connectivity index (χ4n) is 2.87. The number of ether oxygens (including phenoxy) is 3. The number of anilines is 3. The van der Waals surface area contributed by atoms with Gasteiger partial charge < -0.3 is 24.8 Å². The van der Waals surface area contributed by atoms with E-state index in [9.17, 15) is 4.79 Å². The molecule has 26 heavy (non-hydrogen) atoms. The van der Waals surface area contributed by atoms with Crippen LogP contribution in [0.4, 0.5) is 17.1 Å². The van der Waals surface area contributed by atoms with Crippen LogP contribution in [0.3, 0.4) is 0 Å². The van der Waals surface area contributed by atoms with Crippen LogP contribution in [-0.4, -0.2) is 27.2 Å². The van der Waals surface area contributed by atoms with Crippen LogP contribution in [0.15, 0.2) is 36.4 Å². The summed E-state index contributed by atoms with van der Waals surface area (Å²) in [5, 5.41) is 6.27. The lowest BCUT2D eigenvalue weighted by Crippen LogP contribution is -2.27. The van der Waals surface area contributed by atoms with Gasteiger partial charge in [-0.2, -0.15) is 0 Å². The molecule has 2 N–H and O–H groups in total. The molecule has 2 aromatic carbocycles. The minimum absolute atomic E-state index is 0.113. The summed E-state index contributed by atoms with van der Waals surface area (Å²) in [5.74, 6) is 2.00. The van der Waals surface area contributed by atoms with Crippen LogP contribution in [0, 0.1) is 5.92 Å². The minimum Gasteiger partial charge on any atom is -0.493 e. The molecular formula is C20H24N2O4. The first-order valence-corrected chi connectivity index (χ1v) is 8.62. The number of hydrogen-bond donors (Lipinski definition) is 2. The Bertz CT molecular complexity index is 745. The Hall–Kier alpha value is -2.89. The number of nitrogens with one attached hydrogen (secondary N) is 2. The lowest BCUT2D eigenvalue weighted by atomic mass is 9.85. The molecule has 138 valence electrons. The van der Waals surface area contributed by atoms with E-state index in [0.717, 1.165) is 36.3 Å². The Balaban J connectivity index is 1.71. The Labute approximate surface area is 153 Å². The van der Waals surface area contributed by atoms with Crippen molar-refractivity contribution >= 4 is 23.0 Å². The molecule has 0 radical (unpaired) electrons. The predicted octanol–water partition coefficient (Wildman–Crippen LogP) is 4.19. The van der Waals surface area contributed by atoms with Crippen LogP contribution in [-0.2, 0) is 4.79 Å². The molecule has 3 rings (SSSR count). The molecule has 0 aliphatic heterocycles. The molecule has 0 bridgehead atoms. The summed E-state index contributed by atoms with van der Waals surface area (Å²) in [6.07, 6.45) is 3.13. The first kappa shape index (κ1) is 17.9. The molecular weight excluding hydrogens is 332 g/mol. The maximum absolute atomic E-state index is 12.0. The van der Waals surface area contributed by atoms with Crippen molar-refractivity contribution in [3.63, 3.8) is 0 Å². The van der Waals surface area contributed by atoms with E-state index in [2.05, 4.69) is 10.6 Å². The fourth-order valence-corrected chi connectivity index (χ4v) is 2.87. The molecule has 0 heterocycles. The van der Waals surface area contributed by atoms with Gasteiger partial charge in [0.15, 0.2) is 11.5 Å². The zero-order chi connectivity index (χ0) is 18.5. The average molecular weight is 356 g/mol. The molecule has 1 aliphatic rings. The lowest BCUT2D eigenvalue weighted by Gasteiger charge is -2.24. The zero-order valence-electron chi connectivity index (χ0n) is 15.3. The highest BCUT2D eigenvalue weighted by molar-refractivity contribution is 5.93. The highest BCUT2D eigenvalue weighted by Crippen LogP contribution is 2.40. The first-order chi connectivity index (χ1) is 12.6. The van der Waals surface area contributed by atoms with Gasteiger partial charge in [-0.15, -0.1) is 0 Å². The number of carbonyl (C=O) groups excluding carboxylic acids is 1. The summed E-state index contributed by atoms with van der Waals surface area (Å²) >= 11 is 0. The molecule has 6 nitrogen and oxygen atoms in total. The molecule has 1 fully saturated rings. The van der Waals surface area contributed by atoms with Gasteiger partial charge in [0.05, 0.1) is 21.3 Å². The van der Waals surface area contributed by atoms with Crippen molar-refractivity contribution in [3.05, 3.63) is 36.4 Å². The third-order valence-electron chi connectivity index (χ3n) is 4.58. The van der Waals surface area contributed by atoms with Gasteiger partial charge >= 0.3 is 0 Å². The Kier molecular flexibility index (Phi) is 5.51. The van der Waals surface area contributed by atoms with Gasteiger partial charge in [0.2, 0.25) is 11.7 Å². The molecule has 1 amide bonds. The van der Waals surface area contributed by atoms with Gasteiger partial charge in [0, 0.05) is 35.1 Å². The van der Waals surface area contributed by atoms with Crippen molar-refractivity contribution in [2.45, 2.75) is 19.3 Å². The predicted molar refractivity (Wildman–Crippen MR) is 102 cm³/mol. The number of benzene rings is 2. The number of amides is 1. The third kappa shape index (κ3) is 3.85. The van der Waals surface area contributed by atoms with Crippen LogP contribution in [0.25, 0.3) is 0 Å². The van der Waals surface area contributed by atoms with Gasteiger partial charge in [-0.05, 0) is 37.1 Å². The van der Waals surface area contributed by atoms with E-state index in [4.69, 9.17) is 14.2 Å². The maximum atomic E-state index is 12.0. The molecule has 0 saturated heterocycles. The number of carbonyl (C=O) groups is 1. The monoisotopic (exact) mass is 356 g/mol. The van der Waals surface area contributed by atoms with Gasteiger partial charge in [0.1, 0.15) is 0 Å². The van der Waals surface area contributed by atoms with E-state index >= 15 is 0 Å². The van der Waals surface area contributed by atoms with Gasteiger partial charge in [-0.3, -0.25) is 4.79 Å². The Morgan fingerprint density at radius 3 is 1.92 bits per heavy atom. The molecule has 0 aromatic heterocycles. The summed E-state index contributed by atoms with van der Waals surface area (Å²) in [7, 11) is 4.74. The normalized spacial score (nSPS) is 13.5. The Morgan fingerprint density at radius 1 is 0.885 bits per heavy atom. The highest BCUT2D eigenvalue weighted by Gasteiger charge is 2.25. The molecule has 0 spiro atoms. The van der Waals surface area contributed by atoms with Crippen molar-refractivity contribution in [1.82, 2.24) is 0 Å². The van der Waals surface area contributed by atoms with Crippen LogP contribution >= 0.6 is 0 Å². The summed E-state index contributed by atoms with van der Waals surface area (Å²) in [6.45, 7) is 0. The van der Waals surface area contributed by atoms with Crippen molar-refractivity contribution in [2.75, 3.05) is 32.0 Å². The van der Waals surface area contributed by atoms with Crippen LogP contribution in [0.2, 0.25) is 0 Å². The largest absolute Gasteiger partial charge is 0.493 e. The summed E-state index contributed by atoms with van der Waals surface area (Å²) in [5.41, 5.74) is 2.50. The van der Waals surface area contributed by atoms with Gasteiger partial charge in [-0.25, -0.2) is 0 Å². The number of hydrogen-bond acceptors (Lipinski definition) is 5. The number of rotatable bonds is 7. The van der Waals surface area contributed by atoms with Crippen LogP contribution in [0.1, 0.15) is 19.3 Å². The summed E-state index contributed by atoms with van der Waals surface area (Å²) in [4.78, 5) is 12.0. The Morgan fingerprint density at radius 2 is 1.46 bits per heavy atom. The topological polar surface area (TPSA) is 68.8 Å². The van der Waals surface area contributed by atoms with E-state index in [1.54, 1.807) is 21.3 Å². The van der Waals surface area contributed by atoms with Crippen molar-refractivity contribution in [1.29, 1.82) is 0 Å². The van der Waals surface area contributed by atoms with E-state index < -0.39 is 0 Å². The van der Waals surface area contributed by atoms with Crippen LogP contribution < -0.4 is 24.8 Å². The standard InChI is InChI=1S/C20H24N2O4/c1-24-17-11-16(12-18(25-2)19(17)26-3)21-14-7-9-15(10-8-14)22-20(23)13-5-4-6-13/h7-13,21H,4-6H2,1-3H3,(H,22,23). The third-order valence-corrected chi connectivity index (χ3v) is 4.58. The molecule has 1 saturated carbocycles. The van der Waals surface area contributed by atoms with E-state index in [1.807, 2.05) is 36.4 Å². The molecule has 0 atom stereocenters. The fraction of sp³-hybridized carbons (Fsp3) is 0.350. The van der Waals surface area contributed by atoms with Gasteiger partial charge in [0.25, 0.3) is 0 Å². The molecule has 6 heteroatoms. The second-order valence-corrected chi connectivity index (χ2v) is 6.23. The molecule has 1 aliphatic carbocycles. The number of methoxy groups -OCH3 is 3. The molecule has 2 aromatic rings. The minimum atomic E-state index is 0.113. The zero-order valence-corrected chi connectivity index (χ0v) is 15.3. The van der Waals surface area contributed by atoms with E-state index in [1.165, 1.54) is 0 Å².